The second-order valence-electron chi connectivity index (χ2n) is 4.00. The summed E-state index contributed by atoms with van der Waals surface area (Å²) in [6.07, 6.45) is 2.02. The second-order valence-corrected chi connectivity index (χ2v) is 4.88. The largest absolute Gasteiger partial charge is 0.438 e. The molecule has 98 valence electrons. The predicted octanol–water partition coefficient (Wildman–Crippen LogP) is 3.19. The van der Waals surface area contributed by atoms with Gasteiger partial charge in [-0.05, 0) is 49.6 Å². The Morgan fingerprint density at radius 3 is 2.47 bits per heavy atom. The van der Waals surface area contributed by atoms with Gasteiger partial charge in [-0.25, -0.2) is 4.98 Å². The molecule has 0 aliphatic heterocycles. The van der Waals surface area contributed by atoms with Gasteiger partial charge in [0.15, 0.2) is 0 Å². The minimum Gasteiger partial charge on any atom is -0.438 e. The van der Waals surface area contributed by atoms with E-state index in [0.29, 0.717) is 17.2 Å². The van der Waals surface area contributed by atoms with Crippen LogP contribution in [0.25, 0.3) is 0 Å². The first-order valence-corrected chi connectivity index (χ1v) is 6.96. The summed E-state index contributed by atoms with van der Waals surface area (Å²) in [6, 6.07) is 11.3. The minimum absolute atomic E-state index is 0.0526. The van der Waals surface area contributed by atoms with Crippen molar-refractivity contribution in [2.75, 3.05) is 6.26 Å². The van der Waals surface area contributed by atoms with E-state index in [2.05, 4.69) is 4.98 Å². The lowest BCUT2D eigenvalue weighted by molar-refractivity contribution is 0.460. The first-order valence-electron chi connectivity index (χ1n) is 5.74. The molecule has 2 aromatic rings. The van der Waals surface area contributed by atoms with Crippen LogP contribution in [0, 0.1) is 12.3 Å². The number of nitrogens with zero attached hydrogens (tertiary/aromatic N) is 1. The molecule has 0 radical (unpaired) electrons. The van der Waals surface area contributed by atoms with Crippen LogP contribution in [-0.4, -0.2) is 17.1 Å². The number of nitrogens with two attached hydrogens (primary N) is 1. The Kier molecular flexibility index (Phi) is 4.06. The number of rotatable bonds is 4. The number of amidine groups is 1. The van der Waals surface area contributed by atoms with Gasteiger partial charge < -0.3 is 10.5 Å². The summed E-state index contributed by atoms with van der Waals surface area (Å²) >= 11 is 1.67. The number of benzene rings is 1. The topological polar surface area (TPSA) is 72.0 Å². The number of ether oxygens (including phenoxy) is 1. The maximum absolute atomic E-state index is 7.53. The fourth-order valence-electron chi connectivity index (χ4n) is 1.57. The van der Waals surface area contributed by atoms with E-state index < -0.39 is 0 Å². The molecule has 19 heavy (non-hydrogen) atoms. The van der Waals surface area contributed by atoms with Gasteiger partial charge in [0, 0.05) is 10.6 Å². The van der Waals surface area contributed by atoms with Crippen LogP contribution in [0.5, 0.6) is 11.6 Å². The van der Waals surface area contributed by atoms with Crippen molar-refractivity contribution in [1.29, 1.82) is 5.41 Å². The Balaban J connectivity index is 2.31. The van der Waals surface area contributed by atoms with Gasteiger partial charge in [0.1, 0.15) is 11.6 Å². The van der Waals surface area contributed by atoms with Crippen molar-refractivity contribution in [3.63, 3.8) is 0 Å². The molecule has 2 rings (SSSR count). The summed E-state index contributed by atoms with van der Waals surface area (Å²) in [7, 11) is 0. The number of nitrogens with one attached hydrogen (secondary N) is 1. The lowest BCUT2D eigenvalue weighted by Crippen LogP contribution is -2.13. The van der Waals surface area contributed by atoms with Gasteiger partial charge in [-0.1, -0.05) is 0 Å². The van der Waals surface area contributed by atoms with Crippen LogP contribution in [0.4, 0.5) is 0 Å². The first-order chi connectivity index (χ1) is 9.10. The Labute approximate surface area is 116 Å². The summed E-state index contributed by atoms with van der Waals surface area (Å²) in [4.78, 5) is 5.45. The van der Waals surface area contributed by atoms with E-state index in [1.807, 2.05) is 37.4 Å². The molecule has 5 heteroatoms. The maximum Gasteiger partial charge on any atom is 0.230 e. The number of aryl methyl sites for hydroxylation is 1. The van der Waals surface area contributed by atoms with Crippen LogP contribution in [0.3, 0.4) is 0 Å². The zero-order valence-corrected chi connectivity index (χ0v) is 11.6. The van der Waals surface area contributed by atoms with Gasteiger partial charge >= 0.3 is 0 Å². The zero-order chi connectivity index (χ0) is 13.8. The summed E-state index contributed by atoms with van der Waals surface area (Å²) in [5.74, 6) is 0.992. The van der Waals surface area contributed by atoms with Crippen LogP contribution >= 0.6 is 11.8 Å². The third kappa shape index (κ3) is 3.26. The molecule has 0 unspecified atom stereocenters. The third-order valence-electron chi connectivity index (χ3n) is 2.56. The molecular weight excluding hydrogens is 258 g/mol. The lowest BCUT2D eigenvalue weighted by Gasteiger charge is -2.10. The van der Waals surface area contributed by atoms with Gasteiger partial charge in [0.2, 0.25) is 5.88 Å². The Morgan fingerprint density at radius 2 is 1.89 bits per heavy atom. The van der Waals surface area contributed by atoms with E-state index in [0.717, 1.165) is 10.6 Å². The molecule has 0 bridgehead atoms. The molecule has 0 saturated carbocycles. The smallest absolute Gasteiger partial charge is 0.230 e. The SMILES string of the molecule is CSc1ccc(Oc2nc(C)ccc2C(=N)N)cc1. The van der Waals surface area contributed by atoms with Gasteiger partial charge in [-0.3, -0.25) is 5.41 Å². The van der Waals surface area contributed by atoms with Crippen LogP contribution in [0.1, 0.15) is 11.3 Å². The monoisotopic (exact) mass is 273 g/mol. The highest BCUT2D eigenvalue weighted by molar-refractivity contribution is 7.98. The van der Waals surface area contributed by atoms with E-state index in [9.17, 15) is 0 Å². The molecule has 0 fully saturated rings. The molecule has 0 atom stereocenters. The molecule has 1 aromatic carbocycles. The Hall–Kier alpha value is -2.01. The molecule has 1 heterocycles. The number of aromatic nitrogens is 1. The van der Waals surface area contributed by atoms with E-state index in [4.69, 9.17) is 15.9 Å². The predicted molar refractivity (Wildman–Crippen MR) is 78.3 cm³/mol. The molecule has 0 spiro atoms. The average Bonchev–Trinajstić information content (AvgIpc) is 2.39. The minimum atomic E-state index is -0.0526. The molecule has 0 saturated heterocycles. The molecule has 4 nitrogen and oxygen atoms in total. The molecule has 0 amide bonds. The zero-order valence-electron chi connectivity index (χ0n) is 10.8. The van der Waals surface area contributed by atoms with Gasteiger partial charge in [-0.2, -0.15) is 0 Å². The quantitative estimate of drug-likeness (QED) is 0.510. The summed E-state index contributed by atoms with van der Waals surface area (Å²) < 4.78 is 5.71. The number of pyridine rings is 1. The first kappa shape index (κ1) is 13.4. The Morgan fingerprint density at radius 1 is 1.21 bits per heavy atom. The van der Waals surface area contributed by atoms with Crippen molar-refractivity contribution in [1.82, 2.24) is 4.98 Å². The highest BCUT2D eigenvalue weighted by Gasteiger charge is 2.09. The number of thioether (sulfide) groups is 1. The van der Waals surface area contributed by atoms with Crippen molar-refractivity contribution < 1.29 is 4.74 Å². The van der Waals surface area contributed by atoms with Crippen LogP contribution in [0.15, 0.2) is 41.3 Å². The average molecular weight is 273 g/mol. The molecular formula is C14H15N3OS. The number of nitrogen functional groups attached to an aromatic ring is 1. The normalized spacial score (nSPS) is 10.2. The fraction of sp³-hybridized carbons (Fsp3) is 0.143. The molecule has 3 N–H and O–H groups in total. The van der Waals surface area contributed by atoms with Crippen molar-refractivity contribution in [3.8, 4) is 11.6 Å². The number of hydrogen-bond acceptors (Lipinski definition) is 4. The van der Waals surface area contributed by atoms with E-state index in [1.165, 1.54) is 0 Å². The van der Waals surface area contributed by atoms with Crippen LogP contribution in [-0.2, 0) is 0 Å². The second kappa shape index (κ2) is 5.75. The van der Waals surface area contributed by atoms with Crippen molar-refractivity contribution in [3.05, 3.63) is 47.7 Å². The summed E-state index contributed by atoms with van der Waals surface area (Å²) in [5.41, 5.74) is 6.84. The summed E-state index contributed by atoms with van der Waals surface area (Å²) in [6.45, 7) is 1.87. The maximum atomic E-state index is 7.53. The van der Waals surface area contributed by atoms with Crippen molar-refractivity contribution in [2.24, 2.45) is 5.73 Å². The highest BCUT2D eigenvalue weighted by atomic mass is 32.2. The fourth-order valence-corrected chi connectivity index (χ4v) is 1.98. The van der Waals surface area contributed by atoms with Crippen molar-refractivity contribution >= 4 is 17.6 Å². The van der Waals surface area contributed by atoms with E-state index in [1.54, 1.807) is 23.9 Å². The van der Waals surface area contributed by atoms with Crippen LogP contribution in [0.2, 0.25) is 0 Å². The third-order valence-corrected chi connectivity index (χ3v) is 3.31. The molecule has 0 aliphatic carbocycles. The summed E-state index contributed by atoms with van der Waals surface area (Å²) in [5, 5.41) is 7.53. The Bertz CT molecular complexity index is 596. The van der Waals surface area contributed by atoms with Crippen molar-refractivity contribution in [2.45, 2.75) is 11.8 Å². The van der Waals surface area contributed by atoms with E-state index >= 15 is 0 Å². The lowest BCUT2D eigenvalue weighted by atomic mass is 10.2. The highest BCUT2D eigenvalue weighted by Crippen LogP contribution is 2.25. The number of hydrogen-bond donors (Lipinski definition) is 2. The van der Waals surface area contributed by atoms with Crippen LogP contribution < -0.4 is 10.5 Å². The standard InChI is InChI=1S/C14H15N3OS/c1-9-3-8-12(13(15)16)14(17-9)18-10-4-6-11(19-2)7-5-10/h3-8H,1-2H3,(H3,15,16). The molecule has 0 aliphatic rings. The van der Waals surface area contributed by atoms with Gasteiger partial charge in [-0.15, -0.1) is 11.8 Å². The van der Waals surface area contributed by atoms with E-state index in [-0.39, 0.29) is 5.84 Å². The van der Waals surface area contributed by atoms with Gasteiger partial charge in [0.25, 0.3) is 0 Å². The van der Waals surface area contributed by atoms with Gasteiger partial charge in [0.05, 0.1) is 5.56 Å². The molecule has 1 aromatic heterocycles.